The van der Waals surface area contributed by atoms with Gasteiger partial charge in [0.25, 0.3) is 0 Å². The Balaban J connectivity index is 1.86. The van der Waals surface area contributed by atoms with Crippen LogP contribution < -0.4 is 0 Å². The number of aliphatic hydroxyl groups is 1. The zero-order chi connectivity index (χ0) is 13.0. The Bertz CT molecular complexity index is 365. The van der Waals surface area contributed by atoms with Gasteiger partial charge in [0.2, 0.25) is 5.89 Å². The summed E-state index contributed by atoms with van der Waals surface area (Å²) in [4.78, 5) is 6.81. The highest BCUT2D eigenvalue weighted by molar-refractivity contribution is 4.90. The Labute approximate surface area is 108 Å². The molecule has 1 aromatic heterocycles. The second kappa shape index (κ2) is 6.29. The fourth-order valence-corrected chi connectivity index (χ4v) is 2.57. The molecular weight excluding hydrogens is 230 g/mol. The smallest absolute Gasteiger partial charge is 0.226 e. The zero-order valence-electron chi connectivity index (χ0n) is 11.3. The molecule has 0 aromatic carbocycles. The molecule has 2 rings (SSSR count). The van der Waals surface area contributed by atoms with Crippen LogP contribution >= 0.6 is 0 Å². The second-order valence-electron chi connectivity index (χ2n) is 5.26. The monoisotopic (exact) mass is 253 g/mol. The molecule has 2 atom stereocenters. The molecule has 2 heterocycles. The van der Waals surface area contributed by atoms with E-state index >= 15 is 0 Å². The van der Waals surface area contributed by atoms with Crippen molar-refractivity contribution in [2.24, 2.45) is 5.92 Å². The number of aliphatic hydroxyl groups excluding tert-OH is 1. The summed E-state index contributed by atoms with van der Waals surface area (Å²) in [6.07, 6.45) is 3.41. The largest absolute Gasteiger partial charge is 0.393 e. The summed E-state index contributed by atoms with van der Waals surface area (Å²) in [6, 6.07) is 0. The normalized spacial score (nSPS) is 23.2. The minimum absolute atomic E-state index is 0.416. The zero-order valence-corrected chi connectivity index (χ0v) is 11.3. The van der Waals surface area contributed by atoms with Crippen molar-refractivity contribution < 1.29 is 9.63 Å². The van der Waals surface area contributed by atoms with Gasteiger partial charge in [0.1, 0.15) is 0 Å². The molecule has 18 heavy (non-hydrogen) atoms. The number of hydrogen-bond acceptors (Lipinski definition) is 5. The van der Waals surface area contributed by atoms with Crippen LogP contribution in [-0.4, -0.2) is 45.9 Å². The van der Waals surface area contributed by atoms with Crippen molar-refractivity contribution in [2.75, 3.05) is 19.6 Å². The minimum atomic E-state index is -0.416. The lowest BCUT2D eigenvalue weighted by Gasteiger charge is -2.30. The van der Waals surface area contributed by atoms with Crippen molar-refractivity contribution in [1.29, 1.82) is 0 Å². The van der Waals surface area contributed by atoms with E-state index in [9.17, 15) is 5.11 Å². The topological polar surface area (TPSA) is 62.4 Å². The van der Waals surface area contributed by atoms with Gasteiger partial charge in [-0.15, -0.1) is 0 Å². The minimum Gasteiger partial charge on any atom is -0.393 e. The van der Waals surface area contributed by atoms with Crippen LogP contribution in [0.1, 0.15) is 38.4 Å². The van der Waals surface area contributed by atoms with Gasteiger partial charge in [-0.25, -0.2) is 0 Å². The van der Waals surface area contributed by atoms with Crippen molar-refractivity contribution in [3.63, 3.8) is 0 Å². The number of nitrogens with zero attached hydrogens (tertiary/aromatic N) is 3. The van der Waals surface area contributed by atoms with E-state index < -0.39 is 6.10 Å². The van der Waals surface area contributed by atoms with Crippen molar-refractivity contribution in [1.82, 2.24) is 15.0 Å². The standard InChI is InChI=1S/C13H23N3O2/c1-3-16-6-4-5-11(9-16)8-13-14-12(15-18-13)7-10(2)17/h10-11,17H,3-9H2,1-2H3. The Hall–Kier alpha value is -0.940. The number of rotatable bonds is 5. The molecule has 2 unspecified atom stereocenters. The summed E-state index contributed by atoms with van der Waals surface area (Å²) in [7, 11) is 0. The van der Waals surface area contributed by atoms with Crippen molar-refractivity contribution >= 4 is 0 Å². The van der Waals surface area contributed by atoms with Crippen molar-refractivity contribution in [2.45, 2.75) is 45.6 Å². The summed E-state index contributed by atoms with van der Waals surface area (Å²) in [5.74, 6) is 1.95. The van der Waals surface area contributed by atoms with Crippen LogP contribution in [0.2, 0.25) is 0 Å². The van der Waals surface area contributed by atoms with E-state index in [1.54, 1.807) is 6.92 Å². The lowest BCUT2D eigenvalue weighted by Crippen LogP contribution is -2.35. The fourth-order valence-electron chi connectivity index (χ4n) is 2.57. The van der Waals surface area contributed by atoms with E-state index in [2.05, 4.69) is 22.0 Å². The summed E-state index contributed by atoms with van der Waals surface area (Å²) in [5, 5.41) is 13.2. The van der Waals surface area contributed by atoms with Crippen LogP contribution in [-0.2, 0) is 12.8 Å². The van der Waals surface area contributed by atoms with E-state index in [4.69, 9.17) is 4.52 Å². The van der Waals surface area contributed by atoms with Gasteiger partial charge in [-0.1, -0.05) is 12.1 Å². The second-order valence-corrected chi connectivity index (χ2v) is 5.26. The van der Waals surface area contributed by atoms with Crippen LogP contribution in [0.5, 0.6) is 0 Å². The predicted molar refractivity (Wildman–Crippen MR) is 68.2 cm³/mol. The summed E-state index contributed by atoms with van der Waals surface area (Å²) < 4.78 is 5.25. The average Bonchev–Trinajstić information content (AvgIpc) is 2.76. The molecule has 0 aliphatic carbocycles. The molecule has 1 aromatic rings. The number of aromatic nitrogens is 2. The fraction of sp³-hybridized carbons (Fsp3) is 0.846. The molecule has 1 saturated heterocycles. The Morgan fingerprint density at radius 1 is 1.56 bits per heavy atom. The molecule has 0 radical (unpaired) electrons. The molecule has 0 bridgehead atoms. The SMILES string of the molecule is CCN1CCCC(Cc2nc(CC(C)O)no2)C1. The lowest BCUT2D eigenvalue weighted by molar-refractivity contribution is 0.174. The van der Waals surface area contributed by atoms with Gasteiger partial charge in [-0.05, 0) is 38.8 Å². The van der Waals surface area contributed by atoms with Crippen LogP contribution in [0.4, 0.5) is 0 Å². The Morgan fingerprint density at radius 3 is 3.11 bits per heavy atom. The Morgan fingerprint density at radius 2 is 2.39 bits per heavy atom. The van der Waals surface area contributed by atoms with Crippen LogP contribution in [0.25, 0.3) is 0 Å². The van der Waals surface area contributed by atoms with Gasteiger partial charge < -0.3 is 14.5 Å². The van der Waals surface area contributed by atoms with Gasteiger partial charge in [0.15, 0.2) is 5.82 Å². The summed E-state index contributed by atoms with van der Waals surface area (Å²) in [6.45, 7) is 7.40. The van der Waals surface area contributed by atoms with Crippen LogP contribution in [0.3, 0.4) is 0 Å². The first-order chi connectivity index (χ1) is 8.67. The van der Waals surface area contributed by atoms with Crippen molar-refractivity contribution in [3.8, 4) is 0 Å². The first kappa shape index (κ1) is 13.5. The van der Waals surface area contributed by atoms with Gasteiger partial charge >= 0.3 is 0 Å². The van der Waals surface area contributed by atoms with Gasteiger partial charge in [0, 0.05) is 19.4 Å². The molecule has 5 nitrogen and oxygen atoms in total. The van der Waals surface area contributed by atoms with Gasteiger partial charge in [0.05, 0.1) is 6.10 Å². The summed E-state index contributed by atoms with van der Waals surface area (Å²) in [5.41, 5.74) is 0. The summed E-state index contributed by atoms with van der Waals surface area (Å²) >= 11 is 0. The highest BCUT2D eigenvalue weighted by Crippen LogP contribution is 2.20. The molecule has 0 spiro atoms. The number of piperidine rings is 1. The third kappa shape index (κ3) is 3.78. The molecule has 102 valence electrons. The quantitative estimate of drug-likeness (QED) is 0.856. The van der Waals surface area contributed by atoms with Crippen molar-refractivity contribution in [3.05, 3.63) is 11.7 Å². The highest BCUT2D eigenvalue weighted by Gasteiger charge is 2.21. The average molecular weight is 253 g/mol. The van der Waals surface area contributed by atoms with Crippen LogP contribution in [0, 0.1) is 5.92 Å². The maximum Gasteiger partial charge on any atom is 0.226 e. The van der Waals surface area contributed by atoms with Gasteiger partial charge in [-0.3, -0.25) is 0 Å². The molecule has 0 saturated carbocycles. The van der Waals surface area contributed by atoms with Gasteiger partial charge in [-0.2, -0.15) is 4.98 Å². The Kier molecular flexibility index (Phi) is 4.72. The maximum absolute atomic E-state index is 9.27. The first-order valence-corrected chi connectivity index (χ1v) is 6.89. The third-order valence-corrected chi connectivity index (χ3v) is 3.50. The van der Waals surface area contributed by atoms with E-state index in [1.165, 1.54) is 19.4 Å². The molecular formula is C13H23N3O2. The van der Waals surface area contributed by atoms with E-state index in [-0.39, 0.29) is 0 Å². The predicted octanol–water partition coefficient (Wildman–Crippen LogP) is 1.27. The number of likely N-dealkylation sites (tertiary alicyclic amines) is 1. The molecule has 1 N–H and O–H groups in total. The lowest BCUT2D eigenvalue weighted by atomic mass is 9.95. The van der Waals surface area contributed by atoms with E-state index in [0.717, 1.165) is 19.5 Å². The highest BCUT2D eigenvalue weighted by atomic mass is 16.5. The van der Waals surface area contributed by atoms with Crippen LogP contribution in [0.15, 0.2) is 4.52 Å². The molecule has 1 fully saturated rings. The molecule has 5 heteroatoms. The third-order valence-electron chi connectivity index (χ3n) is 3.50. The van der Waals surface area contributed by atoms with E-state index in [1.807, 2.05) is 0 Å². The van der Waals surface area contributed by atoms with E-state index in [0.29, 0.717) is 24.1 Å². The number of hydrogen-bond donors (Lipinski definition) is 1. The molecule has 1 aliphatic heterocycles. The maximum atomic E-state index is 9.27. The molecule has 1 aliphatic rings. The first-order valence-electron chi connectivity index (χ1n) is 6.89. The molecule has 0 amide bonds.